The minimum atomic E-state index is 0.832. The zero-order valence-electron chi connectivity index (χ0n) is 17.0. The molecule has 0 aliphatic carbocycles. The first-order valence-corrected chi connectivity index (χ1v) is 11.1. The van der Waals surface area contributed by atoms with Crippen LogP contribution in [0.5, 0.6) is 0 Å². The Hall–Kier alpha value is 0. The van der Waals surface area contributed by atoms with Crippen LogP contribution in [0.2, 0.25) is 0 Å². The molecule has 2 atom stereocenters. The minimum Gasteiger partial charge on any atom is -0.0654 e. The SMILES string of the molecule is CCCCCCCCC(C)[CH]C(CCCCC)CCCCCC. The van der Waals surface area contributed by atoms with Crippen LogP contribution in [0.1, 0.15) is 130 Å². The summed E-state index contributed by atoms with van der Waals surface area (Å²) in [5.41, 5.74) is 0. The van der Waals surface area contributed by atoms with E-state index in [1.54, 1.807) is 0 Å². The first-order chi connectivity index (χ1) is 11.2. The van der Waals surface area contributed by atoms with Crippen LogP contribution in [-0.4, -0.2) is 0 Å². The Labute approximate surface area is 149 Å². The molecule has 2 unspecified atom stereocenters. The second-order valence-electron chi connectivity index (χ2n) is 7.83. The maximum absolute atomic E-state index is 2.73. The number of hydrogen-bond acceptors (Lipinski definition) is 0. The van der Waals surface area contributed by atoms with Crippen molar-refractivity contribution in [2.75, 3.05) is 0 Å². The van der Waals surface area contributed by atoms with Crippen molar-refractivity contribution in [3.63, 3.8) is 0 Å². The van der Waals surface area contributed by atoms with Crippen molar-refractivity contribution in [3.05, 3.63) is 6.42 Å². The average Bonchev–Trinajstić information content (AvgIpc) is 2.54. The van der Waals surface area contributed by atoms with Gasteiger partial charge in [0.1, 0.15) is 0 Å². The van der Waals surface area contributed by atoms with Crippen molar-refractivity contribution in [1.82, 2.24) is 0 Å². The monoisotopic (exact) mass is 323 g/mol. The number of unbranched alkanes of at least 4 members (excludes halogenated alkanes) is 10. The summed E-state index contributed by atoms with van der Waals surface area (Å²) in [6, 6.07) is 0. The number of rotatable bonds is 18. The highest BCUT2D eigenvalue weighted by Crippen LogP contribution is 2.26. The van der Waals surface area contributed by atoms with E-state index in [9.17, 15) is 0 Å². The van der Waals surface area contributed by atoms with Crippen LogP contribution in [0.4, 0.5) is 0 Å². The summed E-state index contributed by atoms with van der Waals surface area (Å²) >= 11 is 0. The molecule has 0 heteroatoms. The van der Waals surface area contributed by atoms with Gasteiger partial charge in [0.05, 0.1) is 0 Å². The van der Waals surface area contributed by atoms with Crippen molar-refractivity contribution < 1.29 is 0 Å². The third kappa shape index (κ3) is 16.6. The molecule has 23 heavy (non-hydrogen) atoms. The van der Waals surface area contributed by atoms with Crippen LogP contribution < -0.4 is 0 Å². The fourth-order valence-corrected chi connectivity index (χ4v) is 3.63. The molecule has 0 saturated heterocycles. The Kier molecular flexibility index (Phi) is 18.3. The standard InChI is InChI=1S/C23H47/c1-5-8-11-13-14-16-18-22(4)21-23(19-15-10-7-3)20-17-12-9-6-2/h21-23H,5-20H2,1-4H3. The Morgan fingerprint density at radius 1 is 0.522 bits per heavy atom. The van der Waals surface area contributed by atoms with Crippen molar-refractivity contribution in [3.8, 4) is 0 Å². The minimum absolute atomic E-state index is 0.832. The van der Waals surface area contributed by atoms with E-state index in [2.05, 4.69) is 34.1 Å². The summed E-state index contributed by atoms with van der Waals surface area (Å²) in [5.74, 6) is 1.73. The third-order valence-corrected chi connectivity index (χ3v) is 5.22. The summed E-state index contributed by atoms with van der Waals surface area (Å²) in [7, 11) is 0. The largest absolute Gasteiger partial charge is 0.0654 e. The lowest BCUT2D eigenvalue weighted by atomic mass is 9.85. The normalized spacial score (nSPS) is 14.1. The molecule has 0 aromatic heterocycles. The van der Waals surface area contributed by atoms with Gasteiger partial charge in [-0.1, -0.05) is 130 Å². The lowest BCUT2D eigenvalue weighted by Gasteiger charge is -2.21. The van der Waals surface area contributed by atoms with Gasteiger partial charge in [-0.05, 0) is 18.3 Å². The molecule has 139 valence electrons. The molecule has 0 aromatic carbocycles. The topological polar surface area (TPSA) is 0 Å². The van der Waals surface area contributed by atoms with Crippen LogP contribution in [-0.2, 0) is 0 Å². The second-order valence-corrected chi connectivity index (χ2v) is 7.83. The maximum atomic E-state index is 2.73. The van der Waals surface area contributed by atoms with Crippen molar-refractivity contribution in [1.29, 1.82) is 0 Å². The molecule has 0 aromatic rings. The molecule has 0 heterocycles. The molecule has 0 bridgehead atoms. The smallest absolute Gasteiger partial charge is 0.0326 e. The van der Waals surface area contributed by atoms with E-state index in [0.717, 1.165) is 11.8 Å². The fraction of sp³-hybridized carbons (Fsp3) is 0.957. The van der Waals surface area contributed by atoms with Gasteiger partial charge < -0.3 is 0 Å². The molecule has 0 N–H and O–H groups in total. The fourth-order valence-electron chi connectivity index (χ4n) is 3.63. The molecule has 0 spiro atoms. The van der Waals surface area contributed by atoms with Crippen LogP contribution in [0.3, 0.4) is 0 Å². The van der Waals surface area contributed by atoms with Gasteiger partial charge in [0, 0.05) is 0 Å². The first-order valence-electron chi connectivity index (χ1n) is 11.1. The van der Waals surface area contributed by atoms with Crippen molar-refractivity contribution in [2.24, 2.45) is 11.8 Å². The van der Waals surface area contributed by atoms with E-state index >= 15 is 0 Å². The van der Waals surface area contributed by atoms with Gasteiger partial charge in [0.25, 0.3) is 0 Å². The molecule has 0 fully saturated rings. The Bertz CT molecular complexity index is 208. The number of hydrogen-bond donors (Lipinski definition) is 0. The van der Waals surface area contributed by atoms with Crippen LogP contribution in [0.15, 0.2) is 0 Å². The molecule has 0 saturated carbocycles. The van der Waals surface area contributed by atoms with Gasteiger partial charge in [0.2, 0.25) is 0 Å². The van der Waals surface area contributed by atoms with Crippen LogP contribution in [0, 0.1) is 18.3 Å². The Morgan fingerprint density at radius 3 is 1.52 bits per heavy atom. The van der Waals surface area contributed by atoms with E-state index < -0.39 is 0 Å². The van der Waals surface area contributed by atoms with Gasteiger partial charge in [-0.3, -0.25) is 0 Å². The molecular formula is C23H47. The van der Waals surface area contributed by atoms with Crippen molar-refractivity contribution >= 4 is 0 Å². The third-order valence-electron chi connectivity index (χ3n) is 5.22. The van der Waals surface area contributed by atoms with Crippen LogP contribution in [0.25, 0.3) is 0 Å². The highest BCUT2D eigenvalue weighted by molar-refractivity contribution is 4.81. The van der Waals surface area contributed by atoms with Crippen LogP contribution >= 0.6 is 0 Å². The van der Waals surface area contributed by atoms with E-state index in [0.29, 0.717) is 0 Å². The zero-order valence-corrected chi connectivity index (χ0v) is 17.0. The molecule has 0 aliphatic heterocycles. The van der Waals surface area contributed by atoms with E-state index in [1.165, 1.54) is 103 Å². The van der Waals surface area contributed by atoms with E-state index in [1.807, 2.05) is 0 Å². The lowest BCUT2D eigenvalue weighted by Crippen LogP contribution is -2.08. The summed E-state index contributed by atoms with van der Waals surface area (Å²) in [6.07, 6.45) is 25.5. The van der Waals surface area contributed by atoms with Crippen molar-refractivity contribution in [2.45, 2.75) is 130 Å². The second kappa shape index (κ2) is 18.3. The summed E-state index contributed by atoms with van der Waals surface area (Å²) in [6.45, 7) is 9.40. The highest BCUT2D eigenvalue weighted by Gasteiger charge is 2.13. The summed E-state index contributed by atoms with van der Waals surface area (Å²) in [5, 5.41) is 0. The Balaban J connectivity index is 3.83. The van der Waals surface area contributed by atoms with Gasteiger partial charge in [0.15, 0.2) is 0 Å². The predicted molar refractivity (Wildman–Crippen MR) is 108 cm³/mol. The molecule has 0 nitrogen and oxygen atoms in total. The quantitative estimate of drug-likeness (QED) is 0.221. The van der Waals surface area contributed by atoms with Gasteiger partial charge in [-0.15, -0.1) is 0 Å². The molecule has 0 aliphatic rings. The summed E-state index contributed by atoms with van der Waals surface area (Å²) in [4.78, 5) is 0. The molecule has 1 radical (unpaired) electrons. The molecular weight excluding hydrogens is 276 g/mol. The molecule has 0 amide bonds. The van der Waals surface area contributed by atoms with Gasteiger partial charge in [-0.25, -0.2) is 0 Å². The maximum Gasteiger partial charge on any atom is -0.0326 e. The van der Waals surface area contributed by atoms with E-state index in [4.69, 9.17) is 0 Å². The zero-order chi connectivity index (χ0) is 17.2. The van der Waals surface area contributed by atoms with E-state index in [-0.39, 0.29) is 0 Å². The lowest BCUT2D eigenvalue weighted by molar-refractivity contribution is 0.400. The summed E-state index contributed by atoms with van der Waals surface area (Å²) < 4.78 is 0. The van der Waals surface area contributed by atoms with Gasteiger partial charge >= 0.3 is 0 Å². The Morgan fingerprint density at radius 2 is 0.913 bits per heavy atom. The van der Waals surface area contributed by atoms with Gasteiger partial charge in [-0.2, -0.15) is 0 Å². The predicted octanol–water partition coefficient (Wildman–Crippen LogP) is 8.74. The first kappa shape index (κ1) is 23.0. The molecule has 0 rings (SSSR count). The average molecular weight is 324 g/mol. The highest BCUT2D eigenvalue weighted by atomic mass is 14.2.